The van der Waals surface area contributed by atoms with Crippen molar-refractivity contribution in [1.82, 2.24) is 0 Å². The van der Waals surface area contributed by atoms with E-state index in [9.17, 15) is 4.79 Å². The molecule has 0 heterocycles. The minimum absolute atomic E-state index is 0.163. The summed E-state index contributed by atoms with van der Waals surface area (Å²) in [6.07, 6.45) is 10.4. The lowest BCUT2D eigenvalue weighted by molar-refractivity contribution is -0.111. The first kappa shape index (κ1) is 15.5. The van der Waals surface area contributed by atoms with Crippen LogP contribution >= 0.6 is 0 Å². The maximum absolute atomic E-state index is 11.1. The molecule has 0 fully saturated rings. The number of hydrogen-bond acceptors (Lipinski definition) is 1. The molecule has 2 nitrogen and oxygen atoms in total. The molecule has 0 aromatic heterocycles. The molecule has 1 amide bonds. The first-order chi connectivity index (χ1) is 9.26. The van der Waals surface area contributed by atoms with Gasteiger partial charge in [-0.1, -0.05) is 57.7 Å². The average Bonchev–Trinajstić information content (AvgIpc) is 2.44. The number of rotatable bonds is 9. The summed E-state index contributed by atoms with van der Waals surface area (Å²) in [5.74, 6) is -0.163. The summed E-state index contributed by atoms with van der Waals surface area (Å²) in [6.45, 7) is 5.68. The van der Waals surface area contributed by atoms with Crippen LogP contribution in [0.15, 0.2) is 36.9 Å². The Kier molecular flexibility index (Phi) is 7.64. The molecule has 2 heteroatoms. The molecule has 0 atom stereocenters. The summed E-state index contributed by atoms with van der Waals surface area (Å²) in [5, 5.41) is 2.75. The van der Waals surface area contributed by atoms with Crippen LogP contribution in [0, 0.1) is 0 Å². The van der Waals surface area contributed by atoms with E-state index in [1.54, 1.807) is 0 Å². The number of unbranched alkanes of at least 4 members (excludes halogenated alkanes) is 5. The molecule has 1 aromatic carbocycles. The quantitative estimate of drug-likeness (QED) is 0.505. The molecule has 0 aliphatic carbocycles. The zero-order valence-corrected chi connectivity index (χ0v) is 12.0. The van der Waals surface area contributed by atoms with Crippen LogP contribution in [-0.2, 0) is 11.2 Å². The third-order valence-corrected chi connectivity index (χ3v) is 3.23. The van der Waals surface area contributed by atoms with Gasteiger partial charge in [0.2, 0.25) is 5.91 Å². The SMILES string of the molecule is C=CC(=O)Nc1ccc(CCCCCCCC)cc1. The van der Waals surface area contributed by atoms with E-state index >= 15 is 0 Å². The number of carbonyl (C=O) groups excluding carboxylic acids is 1. The number of nitrogens with one attached hydrogen (secondary N) is 1. The first-order valence-corrected chi connectivity index (χ1v) is 7.28. The summed E-state index contributed by atoms with van der Waals surface area (Å²) in [4.78, 5) is 11.1. The standard InChI is InChI=1S/C17H25NO/c1-3-5-6-7-8-9-10-15-11-13-16(14-12-15)18-17(19)4-2/h4,11-14H,2-3,5-10H2,1H3,(H,18,19). The second-order valence-electron chi connectivity index (χ2n) is 4.91. The lowest BCUT2D eigenvalue weighted by Gasteiger charge is -2.05. The van der Waals surface area contributed by atoms with Gasteiger partial charge in [-0.05, 0) is 36.6 Å². The predicted molar refractivity (Wildman–Crippen MR) is 82.3 cm³/mol. The van der Waals surface area contributed by atoms with E-state index in [0.717, 1.165) is 12.1 Å². The zero-order chi connectivity index (χ0) is 13.9. The van der Waals surface area contributed by atoms with Crippen molar-refractivity contribution in [3.63, 3.8) is 0 Å². The van der Waals surface area contributed by atoms with Crippen molar-refractivity contribution >= 4 is 11.6 Å². The van der Waals surface area contributed by atoms with Crippen LogP contribution in [0.5, 0.6) is 0 Å². The number of anilines is 1. The lowest BCUT2D eigenvalue weighted by Crippen LogP contribution is -2.06. The molecule has 0 aliphatic heterocycles. The van der Waals surface area contributed by atoms with Crippen molar-refractivity contribution in [3.8, 4) is 0 Å². The monoisotopic (exact) mass is 259 g/mol. The Morgan fingerprint density at radius 3 is 2.37 bits per heavy atom. The summed E-state index contributed by atoms with van der Waals surface area (Å²) < 4.78 is 0. The maximum atomic E-state index is 11.1. The topological polar surface area (TPSA) is 29.1 Å². The Labute approximate surface area is 116 Å². The van der Waals surface area contributed by atoms with Crippen LogP contribution in [0.1, 0.15) is 51.0 Å². The van der Waals surface area contributed by atoms with Gasteiger partial charge in [0.25, 0.3) is 0 Å². The van der Waals surface area contributed by atoms with Crippen molar-refractivity contribution in [1.29, 1.82) is 0 Å². The molecule has 1 N–H and O–H groups in total. The largest absolute Gasteiger partial charge is 0.323 e. The van der Waals surface area contributed by atoms with Gasteiger partial charge in [-0.2, -0.15) is 0 Å². The highest BCUT2D eigenvalue weighted by Crippen LogP contribution is 2.13. The third kappa shape index (κ3) is 6.80. The van der Waals surface area contributed by atoms with E-state index in [-0.39, 0.29) is 5.91 Å². The van der Waals surface area contributed by atoms with Crippen LogP contribution in [0.25, 0.3) is 0 Å². The molecule has 1 aromatic rings. The van der Waals surface area contributed by atoms with Gasteiger partial charge in [-0.15, -0.1) is 0 Å². The molecule has 0 spiro atoms. The third-order valence-electron chi connectivity index (χ3n) is 3.23. The minimum Gasteiger partial charge on any atom is -0.323 e. The van der Waals surface area contributed by atoms with Crippen molar-refractivity contribution < 1.29 is 4.79 Å². The summed E-state index contributed by atoms with van der Waals surface area (Å²) in [5.41, 5.74) is 2.17. The van der Waals surface area contributed by atoms with Crippen molar-refractivity contribution in [2.45, 2.75) is 51.9 Å². The Balaban J connectivity index is 2.24. The van der Waals surface area contributed by atoms with Gasteiger partial charge in [0.1, 0.15) is 0 Å². The number of carbonyl (C=O) groups is 1. The molecular weight excluding hydrogens is 234 g/mol. The number of hydrogen-bond donors (Lipinski definition) is 1. The van der Waals surface area contributed by atoms with Crippen LogP contribution in [0.2, 0.25) is 0 Å². The van der Waals surface area contributed by atoms with E-state index in [1.807, 2.05) is 12.1 Å². The van der Waals surface area contributed by atoms with Crippen molar-refractivity contribution in [2.24, 2.45) is 0 Å². The Hall–Kier alpha value is -1.57. The molecule has 0 unspecified atom stereocenters. The van der Waals surface area contributed by atoms with Crippen molar-refractivity contribution in [3.05, 3.63) is 42.5 Å². The molecule has 0 bridgehead atoms. The van der Waals surface area contributed by atoms with Gasteiger partial charge in [0, 0.05) is 5.69 Å². The first-order valence-electron chi connectivity index (χ1n) is 7.28. The van der Waals surface area contributed by atoms with Gasteiger partial charge in [0.05, 0.1) is 0 Å². The van der Waals surface area contributed by atoms with Gasteiger partial charge >= 0.3 is 0 Å². The van der Waals surface area contributed by atoms with Gasteiger partial charge in [0.15, 0.2) is 0 Å². The molecule has 0 saturated carbocycles. The highest BCUT2D eigenvalue weighted by molar-refractivity contribution is 5.98. The zero-order valence-electron chi connectivity index (χ0n) is 12.0. The van der Waals surface area contributed by atoms with Crippen molar-refractivity contribution in [2.75, 3.05) is 5.32 Å². The van der Waals surface area contributed by atoms with Crippen LogP contribution in [0.3, 0.4) is 0 Å². The smallest absolute Gasteiger partial charge is 0.247 e. The Morgan fingerprint density at radius 1 is 1.11 bits per heavy atom. The van der Waals surface area contributed by atoms with E-state index in [0.29, 0.717) is 0 Å². The van der Waals surface area contributed by atoms with Crippen LogP contribution < -0.4 is 5.32 Å². The fourth-order valence-electron chi connectivity index (χ4n) is 2.06. The lowest BCUT2D eigenvalue weighted by atomic mass is 10.0. The summed E-state index contributed by atoms with van der Waals surface area (Å²) in [7, 11) is 0. The number of amides is 1. The van der Waals surface area contributed by atoms with Crippen LogP contribution in [0.4, 0.5) is 5.69 Å². The minimum atomic E-state index is -0.163. The molecule has 1 rings (SSSR count). The van der Waals surface area contributed by atoms with Gasteiger partial charge in [-0.3, -0.25) is 4.79 Å². The van der Waals surface area contributed by atoms with E-state index < -0.39 is 0 Å². The summed E-state index contributed by atoms with van der Waals surface area (Å²) in [6, 6.07) is 8.08. The molecule has 0 aliphatic rings. The normalized spacial score (nSPS) is 10.2. The Morgan fingerprint density at radius 2 is 1.74 bits per heavy atom. The molecular formula is C17H25NO. The summed E-state index contributed by atoms with van der Waals surface area (Å²) >= 11 is 0. The highest BCUT2D eigenvalue weighted by atomic mass is 16.1. The van der Waals surface area contributed by atoms with Crippen LogP contribution in [-0.4, -0.2) is 5.91 Å². The van der Waals surface area contributed by atoms with E-state index in [1.165, 1.54) is 50.2 Å². The van der Waals surface area contributed by atoms with E-state index in [4.69, 9.17) is 0 Å². The molecule has 0 radical (unpaired) electrons. The second-order valence-corrected chi connectivity index (χ2v) is 4.91. The fourth-order valence-corrected chi connectivity index (χ4v) is 2.06. The Bertz CT molecular complexity index is 381. The fraction of sp³-hybridized carbons (Fsp3) is 0.471. The highest BCUT2D eigenvalue weighted by Gasteiger charge is 1.98. The molecule has 0 saturated heterocycles. The maximum Gasteiger partial charge on any atom is 0.247 e. The average molecular weight is 259 g/mol. The van der Waals surface area contributed by atoms with Gasteiger partial charge in [-0.25, -0.2) is 0 Å². The number of aryl methyl sites for hydroxylation is 1. The second kappa shape index (κ2) is 9.37. The number of benzene rings is 1. The van der Waals surface area contributed by atoms with Gasteiger partial charge < -0.3 is 5.32 Å². The molecule has 19 heavy (non-hydrogen) atoms. The van der Waals surface area contributed by atoms with E-state index in [2.05, 4.69) is 31.0 Å². The predicted octanol–water partition coefficient (Wildman–Crippen LogP) is 4.71. The molecule has 104 valence electrons.